The van der Waals surface area contributed by atoms with Crippen LogP contribution in [0, 0.1) is 0 Å². The number of Topliss-reactive ketones (excluding diaryl/α,β-unsaturated/α-hetero) is 1. The Morgan fingerprint density at radius 2 is 1.91 bits per heavy atom. The second kappa shape index (κ2) is 6.48. The van der Waals surface area contributed by atoms with E-state index in [0.29, 0.717) is 25.6 Å². The largest absolute Gasteiger partial charge is 0.345 e. The molecule has 3 aromatic rings. The molecular weight excluding hydrogens is 339 g/mol. The topological polar surface area (TPSA) is 45.8 Å². The quantitative estimate of drug-likeness (QED) is 0.520. The van der Waals surface area contributed by atoms with Crippen molar-refractivity contribution in [1.82, 2.24) is 9.97 Å². The average Bonchev–Trinajstić information content (AvgIpc) is 3.17. The Kier molecular flexibility index (Phi) is 4.43. The van der Waals surface area contributed by atoms with Gasteiger partial charge in [-0.3, -0.25) is 4.79 Å². The number of hydrogen-bond acceptors (Lipinski definition) is 3. The zero-order chi connectivity index (χ0) is 15.5. The molecule has 0 atom stereocenters. The summed E-state index contributed by atoms with van der Waals surface area (Å²) in [6.07, 6.45) is 5.07. The highest BCUT2D eigenvalue weighted by Gasteiger charge is 2.18. The SMILES string of the molecule is O=C(C(=Cc1ccc(Cl)cc1)c1ncc[nH]1)c1ccc(Cl)s1. The van der Waals surface area contributed by atoms with E-state index in [1.54, 1.807) is 42.7 Å². The number of thiophene rings is 1. The molecule has 0 saturated heterocycles. The maximum atomic E-state index is 12.7. The first-order valence-electron chi connectivity index (χ1n) is 6.40. The first kappa shape index (κ1) is 15.0. The zero-order valence-electron chi connectivity index (χ0n) is 11.2. The number of H-pyrrole nitrogens is 1. The van der Waals surface area contributed by atoms with Gasteiger partial charge in [-0.15, -0.1) is 11.3 Å². The molecular formula is C16H10Cl2N2OS. The third-order valence-electron chi connectivity index (χ3n) is 2.98. The second-order valence-electron chi connectivity index (χ2n) is 4.48. The molecule has 0 saturated carbocycles. The molecule has 0 aliphatic heterocycles. The number of rotatable bonds is 4. The third kappa shape index (κ3) is 3.30. The van der Waals surface area contributed by atoms with Crippen molar-refractivity contribution in [3.8, 4) is 0 Å². The first-order chi connectivity index (χ1) is 10.6. The lowest BCUT2D eigenvalue weighted by atomic mass is 10.1. The Labute approximate surface area is 141 Å². The Morgan fingerprint density at radius 3 is 2.50 bits per heavy atom. The Morgan fingerprint density at radius 1 is 1.14 bits per heavy atom. The van der Waals surface area contributed by atoms with Crippen LogP contribution in [0.4, 0.5) is 0 Å². The molecule has 0 spiro atoms. The highest BCUT2D eigenvalue weighted by Crippen LogP contribution is 2.27. The number of carbonyl (C=O) groups excluding carboxylic acids is 1. The van der Waals surface area contributed by atoms with E-state index in [4.69, 9.17) is 23.2 Å². The van der Waals surface area contributed by atoms with E-state index in [2.05, 4.69) is 9.97 Å². The number of halogens is 2. The van der Waals surface area contributed by atoms with Crippen LogP contribution in [0.1, 0.15) is 21.1 Å². The standard InChI is InChI=1S/C16H10Cl2N2OS/c17-11-3-1-10(2-4-11)9-12(16-19-7-8-20-16)15(21)13-5-6-14(18)22-13/h1-9H,(H,19,20). The van der Waals surface area contributed by atoms with Gasteiger partial charge in [0, 0.05) is 17.4 Å². The minimum absolute atomic E-state index is 0.123. The second-order valence-corrected chi connectivity index (χ2v) is 6.63. The number of aromatic nitrogens is 2. The van der Waals surface area contributed by atoms with E-state index < -0.39 is 0 Å². The van der Waals surface area contributed by atoms with E-state index in [1.165, 1.54) is 11.3 Å². The molecule has 0 amide bonds. The van der Waals surface area contributed by atoms with E-state index in [-0.39, 0.29) is 5.78 Å². The van der Waals surface area contributed by atoms with Gasteiger partial charge >= 0.3 is 0 Å². The fourth-order valence-electron chi connectivity index (χ4n) is 1.95. The van der Waals surface area contributed by atoms with Crippen LogP contribution in [-0.2, 0) is 0 Å². The van der Waals surface area contributed by atoms with Gasteiger partial charge in [0.05, 0.1) is 14.8 Å². The van der Waals surface area contributed by atoms with Crippen LogP contribution in [0.5, 0.6) is 0 Å². The molecule has 0 aliphatic rings. The van der Waals surface area contributed by atoms with Gasteiger partial charge in [0.2, 0.25) is 5.78 Å². The smallest absolute Gasteiger partial charge is 0.206 e. The first-order valence-corrected chi connectivity index (χ1v) is 7.98. The number of carbonyl (C=O) groups is 1. The lowest BCUT2D eigenvalue weighted by Gasteiger charge is -2.03. The maximum Gasteiger partial charge on any atom is 0.206 e. The summed E-state index contributed by atoms with van der Waals surface area (Å²) in [5.74, 6) is 0.395. The van der Waals surface area contributed by atoms with Crippen molar-refractivity contribution >= 4 is 52.0 Å². The van der Waals surface area contributed by atoms with Crippen molar-refractivity contribution in [2.75, 3.05) is 0 Å². The van der Waals surface area contributed by atoms with Gasteiger partial charge in [0.15, 0.2) is 0 Å². The van der Waals surface area contributed by atoms with E-state index >= 15 is 0 Å². The maximum absolute atomic E-state index is 12.7. The molecule has 6 heteroatoms. The predicted octanol–water partition coefficient (Wildman–Crippen LogP) is 5.20. The van der Waals surface area contributed by atoms with Crippen LogP contribution in [0.2, 0.25) is 9.36 Å². The normalized spacial score (nSPS) is 11.6. The van der Waals surface area contributed by atoms with Crippen LogP contribution in [0.15, 0.2) is 48.8 Å². The number of ketones is 1. The van der Waals surface area contributed by atoms with Crippen molar-refractivity contribution in [2.24, 2.45) is 0 Å². The van der Waals surface area contributed by atoms with Gasteiger partial charge in [-0.2, -0.15) is 0 Å². The number of hydrogen-bond donors (Lipinski definition) is 1. The summed E-state index contributed by atoms with van der Waals surface area (Å²) in [5.41, 5.74) is 1.35. The number of nitrogens with one attached hydrogen (secondary N) is 1. The van der Waals surface area contributed by atoms with Crippen molar-refractivity contribution in [2.45, 2.75) is 0 Å². The molecule has 0 aliphatic carbocycles. The van der Waals surface area contributed by atoms with E-state index in [9.17, 15) is 4.79 Å². The van der Waals surface area contributed by atoms with E-state index in [1.807, 2.05) is 12.1 Å². The Bertz CT molecular complexity index is 820. The van der Waals surface area contributed by atoms with Gasteiger partial charge in [-0.1, -0.05) is 35.3 Å². The minimum atomic E-state index is -0.123. The minimum Gasteiger partial charge on any atom is -0.345 e. The van der Waals surface area contributed by atoms with Crippen molar-refractivity contribution in [1.29, 1.82) is 0 Å². The zero-order valence-corrected chi connectivity index (χ0v) is 13.5. The van der Waals surface area contributed by atoms with Crippen molar-refractivity contribution in [3.63, 3.8) is 0 Å². The summed E-state index contributed by atoms with van der Waals surface area (Å²) in [6, 6.07) is 10.7. The predicted molar refractivity (Wildman–Crippen MR) is 91.6 cm³/mol. The molecule has 0 unspecified atom stereocenters. The third-order valence-corrected chi connectivity index (χ3v) is 4.46. The number of aromatic amines is 1. The molecule has 1 N–H and O–H groups in total. The molecule has 1 aromatic carbocycles. The van der Waals surface area contributed by atoms with Gasteiger partial charge in [-0.25, -0.2) is 4.98 Å². The van der Waals surface area contributed by atoms with Crippen LogP contribution in [0.25, 0.3) is 11.6 Å². The highest BCUT2D eigenvalue weighted by atomic mass is 35.5. The Balaban J connectivity index is 2.04. The molecule has 0 fully saturated rings. The fourth-order valence-corrected chi connectivity index (χ4v) is 3.07. The molecule has 0 bridgehead atoms. The Hall–Kier alpha value is -1.88. The van der Waals surface area contributed by atoms with Crippen LogP contribution < -0.4 is 0 Å². The number of allylic oxidation sites excluding steroid dienone is 1. The summed E-state index contributed by atoms with van der Waals surface area (Å²) >= 11 is 13.1. The summed E-state index contributed by atoms with van der Waals surface area (Å²) in [6.45, 7) is 0. The molecule has 110 valence electrons. The molecule has 2 aromatic heterocycles. The fraction of sp³-hybridized carbons (Fsp3) is 0. The van der Waals surface area contributed by atoms with Gasteiger partial charge < -0.3 is 4.98 Å². The summed E-state index contributed by atoms with van der Waals surface area (Å²) < 4.78 is 0.577. The van der Waals surface area contributed by atoms with Crippen LogP contribution >= 0.6 is 34.5 Å². The monoisotopic (exact) mass is 348 g/mol. The summed E-state index contributed by atoms with van der Waals surface area (Å²) in [4.78, 5) is 20.5. The summed E-state index contributed by atoms with van der Waals surface area (Å²) in [7, 11) is 0. The number of nitrogens with zero attached hydrogens (tertiary/aromatic N) is 1. The number of benzene rings is 1. The molecule has 22 heavy (non-hydrogen) atoms. The van der Waals surface area contributed by atoms with Gasteiger partial charge in [0.25, 0.3) is 0 Å². The van der Waals surface area contributed by atoms with Gasteiger partial charge in [0.1, 0.15) is 5.82 Å². The van der Waals surface area contributed by atoms with Crippen LogP contribution in [0.3, 0.4) is 0 Å². The van der Waals surface area contributed by atoms with Crippen LogP contribution in [-0.4, -0.2) is 15.8 Å². The van der Waals surface area contributed by atoms with Crippen molar-refractivity contribution in [3.05, 3.63) is 74.4 Å². The van der Waals surface area contributed by atoms with Crippen molar-refractivity contribution < 1.29 is 4.79 Å². The summed E-state index contributed by atoms with van der Waals surface area (Å²) in [5, 5.41) is 0.646. The molecule has 3 rings (SSSR count). The average molecular weight is 349 g/mol. The molecule has 0 radical (unpaired) electrons. The lowest BCUT2D eigenvalue weighted by Crippen LogP contribution is -2.02. The van der Waals surface area contributed by atoms with Gasteiger partial charge in [-0.05, 0) is 35.9 Å². The number of imidazole rings is 1. The van der Waals surface area contributed by atoms with E-state index in [0.717, 1.165) is 5.56 Å². The molecule has 3 nitrogen and oxygen atoms in total. The molecule has 2 heterocycles. The lowest BCUT2D eigenvalue weighted by molar-refractivity contribution is 0.106. The highest BCUT2D eigenvalue weighted by molar-refractivity contribution is 7.18.